The molecule has 3 heteroatoms. The van der Waals surface area contributed by atoms with Gasteiger partial charge in [-0.1, -0.05) is 6.07 Å². The van der Waals surface area contributed by atoms with E-state index in [9.17, 15) is 0 Å². The lowest BCUT2D eigenvalue weighted by atomic mass is 9.89. The molecule has 0 bridgehead atoms. The standard InChI is InChI=1S/C13H20N2O/c1-15-7-5-10(6-8-15)12-4-3-11(14)9-13(12)16-2/h3-4,9-10H,5-8,14H2,1-2H3. The molecule has 0 saturated carbocycles. The Balaban J connectivity index is 2.19. The summed E-state index contributed by atoms with van der Waals surface area (Å²) in [6, 6.07) is 6.01. The third-order valence-corrected chi connectivity index (χ3v) is 3.42. The van der Waals surface area contributed by atoms with E-state index in [-0.39, 0.29) is 0 Å². The number of nitrogen functional groups attached to an aromatic ring is 1. The van der Waals surface area contributed by atoms with Crippen molar-refractivity contribution in [1.29, 1.82) is 0 Å². The molecule has 3 nitrogen and oxygen atoms in total. The van der Waals surface area contributed by atoms with E-state index in [0.717, 1.165) is 24.5 Å². The van der Waals surface area contributed by atoms with Crippen LogP contribution in [0.1, 0.15) is 24.3 Å². The Labute approximate surface area is 97.2 Å². The molecule has 1 aliphatic heterocycles. The summed E-state index contributed by atoms with van der Waals surface area (Å²) >= 11 is 0. The summed E-state index contributed by atoms with van der Waals surface area (Å²) in [6.07, 6.45) is 2.41. The molecule has 0 unspecified atom stereocenters. The molecule has 16 heavy (non-hydrogen) atoms. The number of methoxy groups -OCH3 is 1. The van der Waals surface area contributed by atoms with Crippen LogP contribution < -0.4 is 10.5 Å². The maximum Gasteiger partial charge on any atom is 0.124 e. The fourth-order valence-electron chi connectivity index (χ4n) is 2.38. The molecule has 2 N–H and O–H groups in total. The van der Waals surface area contributed by atoms with Crippen LogP contribution in [0.3, 0.4) is 0 Å². The predicted octanol–water partition coefficient (Wildman–Crippen LogP) is 2.09. The molecule has 1 aromatic carbocycles. The molecule has 0 radical (unpaired) electrons. The zero-order valence-electron chi connectivity index (χ0n) is 10.1. The molecule has 1 fully saturated rings. The number of benzene rings is 1. The van der Waals surface area contributed by atoms with Gasteiger partial charge in [0.25, 0.3) is 0 Å². The lowest BCUT2D eigenvalue weighted by Crippen LogP contribution is -2.29. The minimum Gasteiger partial charge on any atom is -0.496 e. The monoisotopic (exact) mass is 220 g/mol. The molecular weight excluding hydrogens is 200 g/mol. The average molecular weight is 220 g/mol. The maximum atomic E-state index is 5.77. The second-order valence-corrected chi connectivity index (χ2v) is 4.58. The van der Waals surface area contributed by atoms with E-state index in [0.29, 0.717) is 5.92 Å². The summed E-state index contributed by atoms with van der Waals surface area (Å²) in [5.41, 5.74) is 7.85. The topological polar surface area (TPSA) is 38.5 Å². The Morgan fingerprint density at radius 3 is 2.62 bits per heavy atom. The first kappa shape index (κ1) is 11.3. The Morgan fingerprint density at radius 1 is 1.31 bits per heavy atom. The Kier molecular flexibility index (Phi) is 3.34. The van der Waals surface area contributed by atoms with Gasteiger partial charge in [0.1, 0.15) is 5.75 Å². The van der Waals surface area contributed by atoms with Crippen molar-refractivity contribution >= 4 is 5.69 Å². The third kappa shape index (κ3) is 2.30. The predicted molar refractivity (Wildman–Crippen MR) is 66.9 cm³/mol. The minimum atomic E-state index is 0.617. The normalized spacial score (nSPS) is 18.6. The van der Waals surface area contributed by atoms with Gasteiger partial charge >= 0.3 is 0 Å². The molecule has 1 saturated heterocycles. The fraction of sp³-hybridized carbons (Fsp3) is 0.538. The zero-order valence-corrected chi connectivity index (χ0v) is 10.1. The molecule has 0 amide bonds. The van der Waals surface area contributed by atoms with E-state index in [1.54, 1.807) is 7.11 Å². The molecule has 0 aromatic heterocycles. The van der Waals surface area contributed by atoms with Gasteiger partial charge in [-0.15, -0.1) is 0 Å². The number of likely N-dealkylation sites (tertiary alicyclic amines) is 1. The fourth-order valence-corrected chi connectivity index (χ4v) is 2.38. The lowest BCUT2D eigenvalue weighted by molar-refractivity contribution is 0.252. The van der Waals surface area contributed by atoms with E-state index >= 15 is 0 Å². The molecule has 0 aliphatic carbocycles. The van der Waals surface area contributed by atoms with Gasteiger partial charge in [-0.05, 0) is 50.5 Å². The number of hydrogen-bond acceptors (Lipinski definition) is 3. The summed E-state index contributed by atoms with van der Waals surface area (Å²) in [5.74, 6) is 1.56. The van der Waals surface area contributed by atoms with Gasteiger partial charge in [0, 0.05) is 11.8 Å². The lowest BCUT2D eigenvalue weighted by Gasteiger charge is -2.30. The average Bonchev–Trinajstić information content (AvgIpc) is 2.30. The quantitative estimate of drug-likeness (QED) is 0.776. The van der Waals surface area contributed by atoms with Crippen molar-refractivity contribution in [1.82, 2.24) is 4.90 Å². The first-order chi connectivity index (χ1) is 7.70. The largest absolute Gasteiger partial charge is 0.496 e. The Bertz CT molecular complexity index is 357. The number of rotatable bonds is 2. The van der Waals surface area contributed by atoms with Crippen LogP contribution in [0.15, 0.2) is 18.2 Å². The van der Waals surface area contributed by atoms with Crippen LogP contribution in [-0.4, -0.2) is 32.1 Å². The first-order valence-electron chi connectivity index (χ1n) is 5.82. The van der Waals surface area contributed by atoms with Crippen molar-refractivity contribution in [2.24, 2.45) is 0 Å². The van der Waals surface area contributed by atoms with Gasteiger partial charge in [0.05, 0.1) is 7.11 Å². The maximum absolute atomic E-state index is 5.77. The van der Waals surface area contributed by atoms with Crippen LogP contribution in [0.5, 0.6) is 5.75 Å². The van der Waals surface area contributed by atoms with E-state index in [4.69, 9.17) is 10.5 Å². The molecule has 1 heterocycles. The van der Waals surface area contributed by atoms with Gasteiger partial charge in [0.2, 0.25) is 0 Å². The summed E-state index contributed by atoms with van der Waals surface area (Å²) < 4.78 is 5.41. The summed E-state index contributed by atoms with van der Waals surface area (Å²) in [4.78, 5) is 2.38. The highest BCUT2D eigenvalue weighted by Gasteiger charge is 2.21. The smallest absolute Gasteiger partial charge is 0.124 e. The van der Waals surface area contributed by atoms with Crippen LogP contribution >= 0.6 is 0 Å². The number of nitrogens with two attached hydrogens (primary N) is 1. The van der Waals surface area contributed by atoms with Gasteiger partial charge in [-0.25, -0.2) is 0 Å². The molecule has 0 spiro atoms. The summed E-state index contributed by atoms with van der Waals surface area (Å²) in [7, 11) is 3.89. The van der Waals surface area contributed by atoms with Crippen molar-refractivity contribution in [2.45, 2.75) is 18.8 Å². The highest BCUT2D eigenvalue weighted by molar-refractivity contribution is 5.49. The van der Waals surface area contributed by atoms with E-state index in [1.807, 2.05) is 12.1 Å². The molecule has 88 valence electrons. The third-order valence-electron chi connectivity index (χ3n) is 3.42. The number of piperidine rings is 1. The van der Waals surface area contributed by atoms with E-state index in [2.05, 4.69) is 18.0 Å². The SMILES string of the molecule is COc1cc(N)ccc1C1CCN(C)CC1. The van der Waals surface area contributed by atoms with Crippen molar-refractivity contribution in [3.05, 3.63) is 23.8 Å². The molecule has 1 aliphatic rings. The number of anilines is 1. The zero-order chi connectivity index (χ0) is 11.5. The van der Waals surface area contributed by atoms with Gasteiger partial charge in [0.15, 0.2) is 0 Å². The van der Waals surface area contributed by atoms with Gasteiger partial charge in [-0.2, -0.15) is 0 Å². The van der Waals surface area contributed by atoms with Crippen molar-refractivity contribution < 1.29 is 4.74 Å². The van der Waals surface area contributed by atoms with E-state index in [1.165, 1.54) is 18.4 Å². The number of nitrogens with zero attached hydrogens (tertiary/aromatic N) is 1. The van der Waals surface area contributed by atoms with Crippen molar-refractivity contribution in [3.63, 3.8) is 0 Å². The van der Waals surface area contributed by atoms with Crippen molar-refractivity contribution in [2.75, 3.05) is 33.0 Å². The highest BCUT2D eigenvalue weighted by Crippen LogP contribution is 2.34. The number of ether oxygens (including phenoxy) is 1. The minimum absolute atomic E-state index is 0.617. The number of hydrogen-bond donors (Lipinski definition) is 1. The summed E-state index contributed by atoms with van der Waals surface area (Å²) in [5, 5.41) is 0. The molecule has 0 atom stereocenters. The second kappa shape index (κ2) is 4.74. The van der Waals surface area contributed by atoms with Crippen LogP contribution in [0.2, 0.25) is 0 Å². The van der Waals surface area contributed by atoms with E-state index < -0.39 is 0 Å². The van der Waals surface area contributed by atoms with Crippen LogP contribution in [0.25, 0.3) is 0 Å². The first-order valence-corrected chi connectivity index (χ1v) is 5.82. The highest BCUT2D eigenvalue weighted by atomic mass is 16.5. The molecule has 2 rings (SSSR count). The van der Waals surface area contributed by atoms with Gasteiger partial charge < -0.3 is 15.4 Å². The molecular formula is C13H20N2O. The second-order valence-electron chi connectivity index (χ2n) is 4.58. The van der Waals surface area contributed by atoms with Crippen LogP contribution in [0.4, 0.5) is 5.69 Å². The van der Waals surface area contributed by atoms with Gasteiger partial charge in [-0.3, -0.25) is 0 Å². The van der Waals surface area contributed by atoms with Crippen molar-refractivity contribution in [3.8, 4) is 5.75 Å². The van der Waals surface area contributed by atoms with Crippen LogP contribution in [0, 0.1) is 0 Å². The Hall–Kier alpha value is -1.22. The molecule has 1 aromatic rings. The summed E-state index contributed by atoms with van der Waals surface area (Å²) in [6.45, 7) is 2.33. The van der Waals surface area contributed by atoms with Crippen LogP contribution in [-0.2, 0) is 0 Å². The Morgan fingerprint density at radius 2 is 2.00 bits per heavy atom.